The molecule has 1 aliphatic rings. The second kappa shape index (κ2) is 7.31. The number of aliphatic hydroxyl groups is 1. The first-order valence-electron chi connectivity index (χ1n) is 8.01. The third-order valence-electron chi connectivity index (χ3n) is 4.38. The summed E-state index contributed by atoms with van der Waals surface area (Å²) in [7, 11) is 0. The van der Waals surface area contributed by atoms with Crippen LogP contribution in [0, 0.1) is 11.3 Å². The minimum absolute atomic E-state index is 0.121. The van der Waals surface area contributed by atoms with Crippen molar-refractivity contribution in [2.75, 3.05) is 6.54 Å². The summed E-state index contributed by atoms with van der Waals surface area (Å²) in [6.45, 7) is 0.649. The molecule has 1 fully saturated rings. The molecular formula is C17H17ClN4O3. The summed E-state index contributed by atoms with van der Waals surface area (Å²) in [5.74, 6) is -0.165. The van der Waals surface area contributed by atoms with Gasteiger partial charge in [0.1, 0.15) is 6.07 Å². The van der Waals surface area contributed by atoms with E-state index in [2.05, 4.69) is 10.3 Å². The average molecular weight is 361 g/mol. The van der Waals surface area contributed by atoms with E-state index in [9.17, 15) is 14.7 Å². The molecule has 1 aliphatic heterocycles. The maximum absolute atomic E-state index is 12.5. The van der Waals surface area contributed by atoms with Gasteiger partial charge in [0.05, 0.1) is 40.5 Å². The zero-order valence-corrected chi connectivity index (χ0v) is 14.2. The van der Waals surface area contributed by atoms with Gasteiger partial charge in [-0.3, -0.25) is 14.2 Å². The van der Waals surface area contributed by atoms with Gasteiger partial charge in [0.15, 0.2) is 5.78 Å². The van der Waals surface area contributed by atoms with Crippen LogP contribution in [0.25, 0.3) is 10.9 Å². The number of rotatable bonds is 4. The van der Waals surface area contributed by atoms with Gasteiger partial charge < -0.3 is 10.4 Å². The van der Waals surface area contributed by atoms with Gasteiger partial charge in [0.25, 0.3) is 5.56 Å². The topological polar surface area (TPSA) is 108 Å². The number of benzene rings is 1. The Morgan fingerprint density at radius 3 is 3.04 bits per heavy atom. The number of ketones is 1. The lowest BCUT2D eigenvalue weighted by Crippen LogP contribution is -2.46. The summed E-state index contributed by atoms with van der Waals surface area (Å²) in [5, 5.41) is 22.5. The molecule has 7 nitrogen and oxygen atoms in total. The van der Waals surface area contributed by atoms with Crippen molar-refractivity contribution in [3.63, 3.8) is 0 Å². The number of fused-ring (bicyclic) bond motifs is 1. The molecule has 0 saturated carbocycles. The van der Waals surface area contributed by atoms with Gasteiger partial charge in [-0.2, -0.15) is 5.26 Å². The van der Waals surface area contributed by atoms with Crippen LogP contribution in [0.15, 0.2) is 23.3 Å². The first-order chi connectivity index (χ1) is 12.0. The number of hydrogen-bond donors (Lipinski definition) is 2. The number of halogens is 1. The standard InChI is InChI=1S/C17H17ClN4O3/c18-13-6-12-14(4-10(13)7-19)21-9-22(17(12)25)8-11(23)5-15-16(24)2-1-3-20-15/h4,6,9,15-16,20,24H,1-3,5,8H2/t15-,16+/m0/s1. The smallest absolute Gasteiger partial charge is 0.261 e. The molecule has 0 unspecified atom stereocenters. The molecule has 25 heavy (non-hydrogen) atoms. The first-order valence-corrected chi connectivity index (χ1v) is 8.39. The molecule has 2 atom stereocenters. The molecule has 2 heterocycles. The van der Waals surface area contributed by atoms with Crippen molar-refractivity contribution in [3.8, 4) is 6.07 Å². The van der Waals surface area contributed by atoms with Crippen LogP contribution in [0.3, 0.4) is 0 Å². The van der Waals surface area contributed by atoms with Crippen LogP contribution in [0.2, 0.25) is 5.02 Å². The quantitative estimate of drug-likeness (QED) is 0.841. The number of carbonyl (C=O) groups is 1. The van der Waals surface area contributed by atoms with Crippen LogP contribution < -0.4 is 10.9 Å². The average Bonchev–Trinajstić information content (AvgIpc) is 2.59. The third kappa shape index (κ3) is 3.71. The Kier molecular flexibility index (Phi) is 5.13. The van der Waals surface area contributed by atoms with Crippen LogP contribution in [0.4, 0.5) is 0 Å². The fourth-order valence-corrected chi connectivity index (χ4v) is 3.23. The van der Waals surface area contributed by atoms with Crippen molar-refractivity contribution in [1.29, 1.82) is 5.26 Å². The molecule has 0 aliphatic carbocycles. The highest BCUT2D eigenvalue weighted by molar-refractivity contribution is 6.32. The summed E-state index contributed by atoms with van der Waals surface area (Å²) in [4.78, 5) is 29.0. The Bertz CT molecular complexity index is 918. The molecular weight excluding hydrogens is 344 g/mol. The maximum Gasteiger partial charge on any atom is 0.261 e. The lowest BCUT2D eigenvalue weighted by Gasteiger charge is -2.28. The molecule has 1 aromatic carbocycles. The van der Waals surface area contributed by atoms with Crippen molar-refractivity contribution < 1.29 is 9.90 Å². The second-order valence-electron chi connectivity index (χ2n) is 6.15. The number of aromatic nitrogens is 2. The highest BCUT2D eigenvalue weighted by Gasteiger charge is 2.25. The van der Waals surface area contributed by atoms with E-state index in [0.29, 0.717) is 11.9 Å². The van der Waals surface area contributed by atoms with E-state index in [1.807, 2.05) is 6.07 Å². The number of carbonyl (C=O) groups excluding carboxylic acids is 1. The number of aliphatic hydroxyl groups excluding tert-OH is 1. The Morgan fingerprint density at radius 1 is 1.52 bits per heavy atom. The molecule has 0 bridgehead atoms. The molecule has 0 amide bonds. The Balaban J connectivity index is 1.82. The number of piperidine rings is 1. The van der Waals surface area contributed by atoms with Crippen molar-refractivity contribution in [1.82, 2.24) is 14.9 Å². The zero-order chi connectivity index (χ0) is 18.0. The predicted octanol–water partition coefficient (Wildman–Crippen LogP) is 0.994. The largest absolute Gasteiger partial charge is 0.391 e. The Morgan fingerprint density at radius 2 is 2.32 bits per heavy atom. The van der Waals surface area contributed by atoms with Gasteiger partial charge in [0.2, 0.25) is 0 Å². The molecule has 1 aromatic heterocycles. The summed E-state index contributed by atoms with van der Waals surface area (Å²) in [6.07, 6.45) is 2.45. The highest BCUT2D eigenvalue weighted by atomic mass is 35.5. The number of hydrogen-bond acceptors (Lipinski definition) is 6. The van der Waals surface area contributed by atoms with E-state index in [1.165, 1.54) is 23.0 Å². The van der Waals surface area contributed by atoms with Crippen LogP contribution >= 0.6 is 11.6 Å². The van der Waals surface area contributed by atoms with Gasteiger partial charge in [-0.05, 0) is 31.5 Å². The Hall–Kier alpha value is -2.27. The lowest BCUT2D eigenvalue weighted by atomic mass is 9.97. The SMILES string of the molecule is N#Cc1cc2ncn(CC(=O)C[C@@H]3NCCC[C@H]3O)c(=O)c2cc1Cl. The van der Waals surface area contributed by atoms with Gasteiger partial charge in [0, 0.05) is 12.5 Å². The highest BCUT2D eigenvalue weighted by Crippen LogP contribution is 2.20. The predicted molar refractivity (Wildman–Crippen MR) is 92.4 cm³/mol. The molecule has 0 spiro atoms. The van der Waals surface area contributed by atoms with Crippen molar-refractivity contribution in [2.24, 2.45) is 0 Å². The lowest BCUT2D eigenvalue weighted by molar-refractivity contribution is -0.121. The van der Waals surface area contributed by atoms with Crippen LogP contribution in [0.5, 0.6) is 0 Å². The maximum atomic E-state index is 12.5. The van der Waals surface area contributed by atoms with E-state index in [-0.39, 0.29) is 46.3 Å². The van der Waals surface area contributed by atoms with Crippen molar-refractivity contribution >= 4 is 28.3 Å². The van der Waals surface area contributed by atoms with E-state index < -0.39 is 6.10 Å². The summed E-state index contributed by atoms with van der Waals surface area (Å²) >= 11 is 5.98. The van der Waals surface area contributed by atoms with E-state index in [4.69, 9.17) is 16.9 Å². The molecule has 3 rings (SSSR count). The molecule has 130 valence electrons. The molecule has 1 saturated heterocycles. The molecule has 2 aromatic rings. The molecule has 8 heteroatoms. The third-order valence-corrected chi connectivity index (χ3v) is 4.69. The second-order valence-corrected chi connectivity index (χ2v) is 6.56. The Labute approximate surface area is 148 Å². The van der Waals surface area contributed by atoms with Crippen molar-refractivity contribution in [3.05, 3.63) is 39.4 Å². The van der Waals surface area contributed by atoms with Crippen LogP contribution in [0.1, 0.15) is 24.8 Å². The van der Waals surface area contributed by atoms with Crippen LogP contribution in [-0.2, 0) is 11.3 Å². The normalized spacial score (nSPS) is 20.4. The number of nitrogens with one attached hydrogen (secondary N) is 1. The van der Waals surface area contributed by atoms with Gasteiger partial charge >= 0.3 is 0 Å². The number of nitriles is 1. The minimum Gasteiger partial charge on any atom is -0.391 e. The molecule has 0 radical (unpaired) electrons. The van der Waals surface area contributed by atoms with E-state index in [1.54, 1.807) is 0 Å². The van der Waals surface area contributed by atoms with Crippen LogP contribution in [-0.4, -0.2) is 39.1 Å². The zero-order valence-electron chi connectivity index (χ0n) is 13.4. The molecule has 2 N–H and O–H groups in total. The van der Waals surface area contributed by atoms with E-state index in [0.717, 1.165) is 13.0 Å². The monoisotopic (exact) mass is 360 g/mol. The van der Waals surface area contributed by atoms with Crippen molar-refractivity contribution in [2.45, 2.75) is 38.0 Å². The minimum atomic E-state index is -0.549. The first kappa shape index (κ1) is 17.5. The fourth-order valence-electron chi connectivity index (χ4n) is 3.02. The fraction of sp³-hybridized carbons (Fsp3) is 0.412. The van der Waals surface area contributed by atoms with E-state index >= 15 is 0 Å². The summed E-state index contributed by atoms with van der Waals surface area (Å²) < 4.78 is 1.22. The summed E-state index contributed by atoms with van der Waals surface area (Å²) in [5.41, 5.74) is 0.216. The van der Waals surface area contributed by atoms with Gasteiger partial charge in [-0.25, -0.2) is 4.98 Å². The number of Topliss-reactive ketones (excluding diaryl/α,β-unsaturated/α-hetero) is 1. The summed E-state index contributed by atoms with van der Waals surface area (Å²) in [6, 6.07) is 4.51. The van der Waals surface area contributed by atoms with Gasteiger partial charge in [-0.1, -0.05) is 11.6 Å². The van der Waals surface area contributed by atoms with Gasteiger partial charge in [-0.15, -0.1) is 0 Å². The number of nitrogens with zero attached hydrogens (tertiary/aromatic N) is 3.